The summed E-state index contributed by atoms with van der Waals surface area (Å²) in [5, 5.41) is 6.15. The van der Waals surface area contributed by atoms with Gasteiger partial charge in [-0.3, -0.25) is 4.79 Å². The van der Waals surface area contributed by atoms with Crippen LogP contribution in [0.2, 0.25) is 0 Å². The van der Waals surface area contributed by atoms with Gasteiger partial charge in [0.15, 0.2) is 0 Å². The lowest BCUT2D eigenvalue weighted by Gasteiger charge is -2.28. The topological polar surface area (TPSA) is 70.2 Å². The van der Waals surface area contributed by atoms with E-state index >= 15 is 0 Å². The van der Waals surface area contributed by atoms with Gasteiger partial charge in [0.2, 0.25) is 11.9 Å². The number of nitrogens with one attached hydrogen (secondary N) is 2. The molecule has 1 aliphatic heterocycles. The molecular weight excluding hydrogens is 326 g/mol. The van der Waals surface area contributed by atoms with Crippen molar-refractivity contribution in [3.63, 3.8) is 0 Å². The van der Waals surface area contributed by atoms with Gasteiger partial charge in [0, 0.05) is 42.1 Å². The van der Waals surface area contributed by atoms with Crippen molar-refractivity contribution in [1.82, 2.24) is 9.97 Å². The van der Waals surface area contributed by atoms with Crippen molar-refractivity contribution in [3.8, 4) is 0 Å². The lowest BCUT2D eigenvalue weighted by molar-refractivity contribution is -0.118. The maximum atomic E-state index is 11.8. The van der Waals surface area contributed by atoms with Crippen LogP contribution < -0.4 is 15.5 Å². The van der Waals surface area contributed by atoms with E-state index in [1.54, 1.807) is 0 Å². The summed E-state index contributed by atoms with van der Waals surface area (Å²) in [6.07, 6.45) is 3.73. The Labute approximate surface area is 155 Å². The molecule has 2 aromatic rings. The largest absolute Gasteiger partial charge is 0.356 e. The number of carbonyl (C=O) groups is 1. The number of aryl methyl sites for hydroxylation is 1. The van der Waals surface area contributed by atoms with Gasteiger partial charge < -0.3 is 15.5 Å². The van der Waals surface area contributed by atoms with E-state index in [0.29, 0.717) is 5.95 Å². The third-order valence-corrected chi connectivity index (χ3v) is 4.45. The minimum atomic E-state index is -0.0401. The number of hydrogen-bond donors (Lipinski definition) is 2. The van der Waals surface area contributed by atoms with Crippen molar-refractivity contribution in [2.24, 2.45) is 5.92 Å². The van der Waals surface area contributed by atoms with E-state index < -0.39 is 0 Å². The van der Waals surface area contributed by atoms with Crippen LogP contribution >= 0.6 is 0 Å². The van der Waals surface area contributed by atoms with Crippen molar-refractivity contribution >= 4 is 29.0 Å². The zero-order valence-corrected chi connectivity index (χ0v) is 15.7. The predicted molar refractivity (Wildman–Crippen MR) is 106 cm³/mol. The standard InChI is InChI=1S/C20H27N5O/c1-14(2)19(26)22-16-7-9-17(10-8-16)23-20-21-15(3)13-18(24-20)25-11-5-4-6-12-25/h7-10,13-14H,4-6,11-12H2,1-3H3,(H,22,26)(H,21,23,24). The zero-order valence-electron chi connectivity index (χ0n) is 15.7. The fourth-order valence-electron chi connectivity index (χ4n) is 2.95. The van der Waals surface area contributed by atoms with Crippen LogP contribution in [0.4, 0.5) is 23.1 Å². The van der Waals surface area contributed by atoms with Crippen LogP contribution in [-0.4, -0.2) is 29.0 Å². The minimum Gasteiger partial charge on any atom is -0.356 e. The molecule has 0 spiro atoms. The van der Waals surface area contributed by atoms with Crippen molar-refractivity contribution in [1.29, 1.82) is 0 Å². The Morgan fingerprint density at radius 1 is 1.04 bits per heavy atom. The number of carbonyl (C=O) groups excluding carboxylic acids is 1. The summed E-state index contributed by atoms with van der Waals surface area (Å²) < 4.78 is 0. The summed E-state index contributed by atoms with van der Waals surface area (Å²) in [6, 6.07) is 9.64. The molecule has 1 fully saturated rings. The summed E-state index contributed by atoms with van der Waals surface area (Å²) in [4.78, 5) is 23.3. The van der Waals surface area contributed by atoms with Crippen molar-refractivity contribution in [3.05, 3.63) is 36.0 Å². The normalized spacial score (nSPS) is 14.4. The average Bonchev–Trinajstić information content (AvgIpc) is 2.63. The van der Waals surface area contributed by atoms with E-state index in [1.165, 1.54) is 19.3 Å². The lowest BCUT2D eigenvalue weighted by Crippen LogP contribution is -2.30. The fourth-order valence-corrected chi connectivity index (χ4v) is 2.95. The second-order valence-corrected chi connectivity index (χ2v) is 7.09. The molecule has 1 aromatic heterocycles. The highest BCUT2D eigenvalue weighted by atomic mass is 16.1. The van der Waals surface area contributed by atoms with Crippen molar-refractivity contribution < 1.29 is 4.79 Å². The van der Waals surface area contributed by atoms with E-state index in [4.69, 9.17) is 0 Å². The Kier molecular flexibility index (Phi) is 5.71. The molecule has 0 bridgehead atoms. The molecule has 0 saturated carbocycles. The van der Waals surface area contributed by atoms with Crippen molar-refractivity contribution in [2.45, 2.75) is 40.0 Å². The van der Waals surface area contributed by atoms with Crippen LogP contribution in [0.25, 0.3) is 0 Å². The van der Waals surface area contributed by atoms with Gasteiger partial charge >= 0.3 is 0 Å². The zero-order chi connectivity index (χ0) is 18.5. The molecule has 1 saturated heterocycles. The van der Waals surface area contributed by atoms with E-state index in [0.717, 1.165) is 36.0 Å². The number of piperidine rings is 1. The van der Waals surface area contributed by atoms with Gasteiger partial charge in [-0.05, 0) is 50.5 Å². The van der Waals surface area contributed by atoms with Gasteiger partial charge in [0.1, 0.15) is 5.82 Å². The second-order valence-electron chi connectivity index (χ2n) is 7.09. The molecule has 0 atom stereocenters. The van der Waals surface area contributed by atoms with Crippen LogP contribution in [0.15, 0.2) is 30.3 Å². The highest BCUT2D eigenvalue weighted by Gasteiger charge is 2.14. The third kappa shape index (κ3) is 4.71. The first-order chi connectivity index (χ1) is 12.5. The Morgan fingerprint density at radius 3 is 2.35 bits per heavy atom. The summed E-state index contributed by atoms with van der Waals surface area (Å²) in [5.74, 6) is 1.56. The van der Waals surface area contributed by atoms with E-state index in [-0.39, 0.29) is 11.8 Å². The minimum absolute atomic E-state index is 0.0129. The molecule has 2 N–H and O–H groups in total. The van der Waals surface area contributed by atoms with Gasteiger partial charge in [0.05, 0.1) is 0 Å². The summed E-state index contributed by atoms with van der Waals surface area (Å²) in [7, 11) is 0. The van der Waals surface area contributed by atoms with Gasteiger partial charge in [-0.2, -0.15) is 4.98 Å². The molecule has 0 aliphatic carbocycles. The van der Waals surface area contributed by atoms with E-state index in [1.807, 2.05) is 51.1 Å². The SMILES string of the molecule is Cc1cc(N2CCCCC2)nc(Nc2ccc(NC(=O)C(C)C)cc2)n1. The average molecular weight is 353 g/mol. The first-order valence-corrected chi connectivity index (χ1v) is 9.30. The highest BCUT2D eigenvalue weighted by Crippen LogP contribution is 2.22. The summed E-state index contributed by atoms with van der Waals surface area (Å²) >= 11 is 0. The van der Waals surface area contributed by atoms with E-state index in [9.17, 15) is 4.79 Å². The lowest BCUT2D eigenvalue weighted by atomic mass is 10.1. The number of hydrogen-bond acceptors (Lipinski definition) is 5. The Bertz CT molecular complexity index is 751. The van der Waals surface area contributed by atoms with Gasteiger partial charge in [-0.25, -0.2) is 4.98 Å². The van der Waals surface area contributed by atoms with E-state index in [2.05, 4.69) is 25.5 Å². The molecule has 138 valence electrons. The van der Waals surface area contributed by atoms with Crippen LogP contribution in [-0.2, 0) is 4.79 Å². The number of rotatable bonds is 5. The quantitative estimate of drug-likeness (QED) is 0.846. The molecular formula is C20H27N5O. The molecule has 26 heavy (non-hydrogen) atoms. The number of nitrogens with zero attached hydrogens (tertiary/aromatic N) is 3. The monoisotopic (exact) mass is 353 g/mol. The molecule has 1 aliphatic rings. The smallest absolute Gasteiger partial charge is 0.229 e. The van der Waals surface area contributed by atoms with Crippen molar-refractivity contribution in [2.75, 3.05) is 28.6 Å². The Hall–Kier alpha value is -2.63. The first kappa shape index (κ1) is 18.2. The molecule has 1 amide bonds. The van der Waals surface area contributed by atoms with Gasteiger partial charge in [-0.15, -0.1) is 0 Å². The highest BCUT2D eigenvalue weighted by molar-refractivity contribution is 5.92. The maximum Gasteiger partial charge on any atom is 0.229 e. The number of aromatic nitrogens is 2. The summed E-state index contributed by atoms with van der Waals surface area (Å²) in [5.41, 5.74) is 2.63. The first-order valence-electron chi connectivity index (χ1n) is 9.30. The van der Waals surface area contributed by atoms with Crippen LogP contribution in [0.1, 0.15) is 38.8 Å². The maximum absolute atomic E-state index is 11.8. The fraction of sp³-hybridized carbons (Fsp3) is 0.450. The van der Waals surface area contributed by atoms with Crippen LogP contribution in [0, 0.1) is 12.8 Å². The molecule has 1 aromatic carbocycles. The molecule has 0 unspecified atom stereocenters. The molecule has 6 heteroatoms. The van der Waals surface area contributed by atoms with Gasteiger partial charge in [-0.1, -0.05) is 13.8 Å². The number of benzene rings is 1. The second kappa shape index (κ2) is 8.17. The predicted octanol–water partition coefficient (Wildman–Crippen LogP) is 4.11. The van der Waals surface area contributed by atoms with Gasteiger partial charge in [0.25, 0.3) is 0 Å². The molecule has 2 heterocycles. The molecule has 0 radical (unpaired) electrons. The Morgan fingerprint density at radius 2 is 1.69 bits per heavy atom. The summed E-state index contributed by atoms with van der Waals surface area (Å²) in [6.45, 7) is 7.85. The number of anilines is 4. The molecule has 3 rings (SSSR count). The third-order valence-electron chi connectivity index (χ3n) is 4.45. The number of amides is 1. The molecule has 6 nitrogen and oxygen atoms in total. The van der Waals surface area contributed by atoms with Crippen LogP contribution in [0.3, 0.4) is 0 Å². The Balaban J connectivity index is 1.70. The van der Waals surface area contributed by atoms with Crippen LogP contribution in [0.5, 0.6) is 0 Å².